The van der Waals surface area contributed by atoms with Crippen LogP contribution >= 0.6 is 0 Å². The van der Waals surface area contributed by atoms with Crippen LogP contribution in [0.15, 0.2) is 30.3 Å². The highest BCUT2D eigenvalue weighted by Crippen LogP contribution is 2.24. The van der Waals surface area contributed by atoms with Crippen LogP contribution in [-0.2, 0) is 11.2 Å². The topological polar surface area (TPSA) is 21.3 Å². The second-order valence-electron chi connectivity index (χ2n) is 4.99. The molecule has 0 bridgehead atoms. The smallest absolute Gasteiger partial charge is 0.0551 e. The highest BCUT2D eigenvalue weighted by Gasteiger charge is 2.28. The Morgan fingerprint density at radius 3 is 2.71 bits per heavy atom. The summed E-state index contributed by atoms with van der Waals surface area (Å²) in [6.07, 6.45) is 2.72. The van der Waals surface area contributed by atoms with E-state index in [9.17, 15) is 0 Å². The zero-order chi connectivity index (χ0) is 12.1. The van der Waals surface area contributed by atoms with E-state index in [0.29, 0.717) is 18.1 Å². The molecule has 17 heavy (non-hydrogen) atoms. The van der Waals surface area contributed by atoms with Crippen molar-refractivity contribution in [3.8, 4) is 0 Å². The van der Waals surface area contributed by atoms with Gasteiger partial charge in [-0.2, -0.15) is 0 Å². The van der Waals surface area contributed by atoms with E-state index in [-0.39, 0.29) is 0 Å². The number of ether oxygens (including phenoxy) is 1. The van der Waals surface area contributed by atoms with Gasteiger partial charge in [0.15, 0.2) is 0 Å². The summed E-state index contributed by atoms with van der Waals surface area (Å²) in [4.78, 5) is 0. The van der Waals surface area contributed by atoms with Gasteiger partial charge in [0.25, 0.3) is 0 Å². The molecule has 0 radical (unpaired) electrons. The highest BCUT2D eigenvalue weighted by atomic mass is 16.5. The van der Waals surface area contributed by atoms with Gasteiger partial charge in [-0.1, -0.05) is 37.3 Å². The maximum atomic E-state index is 5.69. The van der Waals surface area contributed by atoms with Crippen LogP contribution in [0.4, 0.5) is 0 Å². The maximum Gasteiger partial charge on any atom is 0.0551 e. The van der Waals surface area contributed by atoms with Crippen molar-refractivity contribution in [1.82, 2.24) is 5.32 Å². The molecule has 0 aliphatic carbocycles. The van der Waals surface area contributed by atoms with E-state index in [1.54, 1.807) is 0 Å². The molecule has 1 heterocycles. The van der Waals surface area contributed by atoms with Gasteiger partial charge in [-0.15, -0.1) is 0 Å². The standard InChI is InChI=1S/C15H23NO/c1-3-16-15(14-9-12(2)17-11-14)10-13-7-5-4-6-8-13/h4-8,12,14-16H,3,9-11H2,1-2H3. The van der Waals surface area contributed by atoms with Crippen molar-refractivity contribution in [2.45, 2.75) is 38.8 Å². The van der Waals surface area contributed by atoms with Gasteiger partial charge in [-0.05, 0) is 31.9 Å². The lowest BCUT2D eigenvalue weighted by atomic mass is 9.91. The molecule has 0 aromatic heterocycles. The number of hydrogen-bond donors (Lipinski definition) is 1. The average molecular weight is 233 g/mol. The van der Waals surface area contributed by atoms with Crippen molar-refractivity contribution >= 4 is 0 Å². The van der Waals surface area contributed by atoms with Crippen molar-refractivity contribution in [3.05, 3.63) is 35.9 Å². The number of likely N-dealkylation sites (N-methyl/N-ethyl adjacent to an activating group) is 1. The quantitative estimate of drug-likeness (QED) is 0.844. The Bertz CT molecular complexity index is 325. The number of benzene rings is 1. The predicted octanol–water partition coefficient (Wildman–Crippen LogP) is 2.63. The molecule has 1 saturated heterocycles. The lowest BCUT2D eigenvalue weighted by Crippen LogP contribution is -2.38. The minimum absolute atomic E-state index is 0.428. The first-order chi connectivity index (χ1) is 8.29. The first-order valence-electron chi connectivity index (χ1n) is 6.68. The molecule has 0 spiro atoms. The third-order valence-electron chi connectivity index (χ3n) is 3.56. The molecule has 1 aromatic carbocycles. The lowest BCUT2D eigenvalue weighted by Gasteiger charge is -2.23. The van der Waals surface area contributed by atoms with E-state index in [2.05, 4.69) is 49.5 Å². The van der Waals surface area contributed by atoms with E-state index in [4.69, 9.17) is 4.74 Å². The third-order valence-corrected chi connectivity index (χ3v) is 3.56. The summed E-state index contributed by atoms with van der Waals surface area (Å²) in [5.74, 6) is 0.658. The average Bonchev–Trinajstić information content (AvgIpc) is 2.77. The maximum absolute atomic E-state index is 5.69. The summed E-state index contributed by atoms with van der Waals surface area (Å²) in [6.45, 7) is 6.29. The first kappa shape index (κ1) is 12.6. The molecule has 1 aliphatic heterocycles. The monoisotopic (exact) mass is 233 g/mol. The Hall–Kier alpha value is -0.860. The fraction of sp³-hybridized carbons (Fsp3) is 0.600. The van der Waals surface area contributed by atoms with Crippen molar-refractivity contribution in [2.24, 2.45) is 5.92 Å². The Labute approximate surface area is 104 Å². The molecule has 1 fully saturated rings. The highest BCUT2D eigenvalue weighted by molar-refractivity contribution is 5.16. The molecule has 2 nitrogen and oxygen atoms in total. The van der Waals surface area contributed by atoms with Crippen LogP contribution in [0.1, 0.15) is 25.8 Å². The minimum Gasteiger partial charge on any atom is -0.378 e. The molecule has 0 saturated carbocycles. The van der Waals surface area contributed by atoms with Gasteiger partial charge in [-0.3, -0.25) is 0 Å². The summed E-state index contributed by atoms with van der Waals surface area (Å²) < 4.78 is 5.69. The van der Waals surface area contributed by atoms with Crippen LogP contribution in [0.5, 0.6) is 0 Å². The SMILES string of the molecule is CCNC(Cc1ccccc1)C1COC(C)C1. The molecule has 2 rings (SSSR count). The summed E-state index contributed by atoms with van der Waals surface area (Å²) in [7, 11) is 0. The molecule has 3 atom stereocenters. The Morgan fingerprint density at radius 2 is 2.12 bits per heavy atom. The van der Waals surface area contributed by atoms with E-state index >= 15 is 0 Å². The molecule has 0 amide bonds. The fourth-order valence-corrected chi connectivity index (χ4v) is 2.67. The lowest BCUT2D eigenvalue weighted by molar-refractivity contribution is 0.117. The van der Waals surface area contributed by atoms with Crippen LogP contribution in [-0.4, -0.2) is 25.3 Å². The van der Waals surface area contributed by atoms with Gasteiger partial charge in [0.1, 0.15) is 0 Å². The van der Waals surface area contributed by atoms with Crippen LogP contribution < -0.4 is 5.32 Å². The van der Waals surface area contributed by atoms with Gasteiger partial charge >= 0.3 is 0 Å². The molecular weight excluding hydrogens is 210 g/mol. The number of hydrogen-bond acceptors (Lipinski definition) is 2. The predicted molar refractivity (Wildman–Crippen MR) is 71.1 cm³/mol. The Kier molecular flexibility index (Phi) is 4.57. The molecule has 1 aromatic rings. The molecular formula is C15H23NO. The van der Waals surface area contributed by atoms with Crippen LogP contribution in [0.25, 0.3) is 0 Å². The molecule has 3 unspecified atom stereocenters. The Balaban J connectivity index is 1.97. The summed E-state index contributed by atoms with van der Waals surface area (Å²) in [6, 6.07) is 11.3. The normalized spacial score (nSPS) is 26.0. The van der Waals surface area contributed by atoms with Crippen molar-refractivity contribution < 1.29 is 4.74 Å². The summed E-state index contributed by atoms with van der Waals surface area (Å²) >= 11 is 0. The zero-order valence-corrected chi connectivity index (χ0v) is 10.9. The van der Waals surface area contributed by atoms with Crippen molar-refractivity contribution in [1.29, 1.82) is 0 Å². The number of nitrogens with one attached hydrogen (secondary N) is 1. The largest absolute Gasteiger partial charge is 0.378 e. The third kappa shape index (κ3) is 3.55. The van der Waals surface area contributed by atoms with Gasteiger partial charge in [0.05, 0.1) is 12.7 Å². The van der Waals surface area contributed by atoms with E-state index < -0.39 is 0 Å². The number of rotatable bonds is 5. The van der Waals surface area contributed by atoms with E-state index in [1.165, 1.54) is 12.0 Å². The second-order valence-corrected chi connectivity index (χ2v) is 4.99. The van der Waals surface area contributed by atoms with Crippen LogP contribution in [0.3, 0.4) is 0 Å². The fourth-order valence-electron chi connectivity index (χ4n) is 2.67. The van der Waals surface area contributed by atoms with Crippen LogP contribution in [0.2, 0.25) is 0 Å². The second kappa shape index (κ2) is 6.18. The molecule has 1 N–H and O–H groups in total. The summed E-state index contributed by atoms with van der Waals surface area (Å²) in [5.41, 5.74) is 1.41. The first-order valence-corrected chi connectivity index (χ1v) is 6.68. The van der Waals surface area contributed by atoms with Crippen LogP contribution in [0, 0.1) is 5.92 Å². The van der Waals surface area contributed by atoms with Crippen molar-refractivity contribution in [2.75, 3.05) is 13.2 Å². The summed E-state index contributed by atoms with van der Waals surface area (Å²) in [5, 5.41) is 3.61. The van der Waals surface area contributed by atoms with E-state index in [1.807, 2.05) is 0 Å². The van der Waals surface area contributed by atoms with Gasteiger partial charge in [-0.25, -0.2) is 0 Å². The van der Waals surface area contributed by atoms with E-state index in [0.717, 1.165) is 19.6 Å². The van der Waals surface area contributed by atoms with Gasteiger partial charge in [0.2, 0.25) is 0 Å². The van der Waals surface area contributed by atoms with Gasteiger partial charge in [0, 0.05) is 12.0 Å². The zero-order valence-electron chi connectivity index (χ0n) is 10.9. The Morgan fingerprint density at radius 1 is 1.35 bits per heavy atom. The van der Waals surface area contributed by atoms with Gasteiger partial charge < -0.3 is 10.1 Å². The molecule has 1 aliphatic rings. The van der Waals surface area contributed by atoms with Crippen molar-refractivity contribution in [3.63, 3.8) is 0 Å². The minimum atomic E-state index is 0.428. The molecule has 2 heteroatoms. The molecule has 94 valence electrons.